The van der Waals surface area contributed by atoms with Crippen LogP contribution in [0.5, 0.6) is 5.75 Å². The van der Waals surface area contributed by atoms with Gasteiger partial charge in [0, 0.05) is 18.7 Å². The highest BCUT2D eigenvalue weighted by Gasteiger charge is 2.46. The van der Waals surface area contributed by atoms with Crippen LogP contribution >= 0.6 is 0 Å². The first-order valence-electron chi connectivity index (χ1n) is 11.0. The lowest BCUT2D eigenvalue weighted by Crippen LogP contribution is -2.38. The molecule has 1 amide bonds. The van der Waals surface area contributed by atoms with E-state index in [2.05, 4.69) is 11.5 Å². The van der Waals surface area contributed by atoms with Gasteiger partial charge in [0.15, 0.2) is 0 Å². The average molecular weight is 453 g/mol. The molecule has 0 aliphatic carbocycles. The molecule has 2 aromatic rings. The van der Waals surface area contributed by atoms with Gasteiger partial charge in [-0.15, -0.1) is 0 Å². The lowest BCUT2D eigenvalue weighted by molar-refractivity contribution is -0.140. The molecule has 1 atom stereocenters. The summed E-state index contributed by atoms with van der Waals surface area (Å²) in [4.78, 5) is 29.8. The summed E-state index contributed by atoms with van der Waals surface area (Å²) in [7, 11) is 0. The van der Waals surface area contributed by atoms with E-state index in [1.807, 2.05) is 13.8 Å². The smallest absolute Gasteiger partial charge is 0.295 e. The third-order valence-corrected chi connectivity index (χ3v) is 5.75. The number of halogens is 1. The zero-order chi connectivity index (χ0) is 24.0. The van der Waals surface area contributed by atoms with Gasteiger partial charge in [0.05, 0.1) is 11.6 Å². The van der Waals surface area contributed by atoms with Crippen molar-refractivity contribution in [2.24, 2.45) is 0 Å². The summed E-state index contributed by atoms with van der Waals surface area (Å²) in [6, 6.07) is 11.5. The van der Waals surface area contributed by atoms with Crippen LogP contribution < -0.4 is 4.74 Å². The highest BCUT2D eigenvalue weighted by atomic mass is 19.1. The second kappa shape index (κ2) is 10.9. The van der Waals surface area contributed by atoms with Gasteiger partial charge in [0.2, 0.25) is 0 Å². The quantitative estimate of drug-likeness (QED) is 0.254. The second-order valence-corrected chi connectivity index (χ2v) is 7.70. The number of hydrogen-bond donors (Lipinski definition) is 1. The van der Waals surface area contributed by atoms with Crippen LogP contribution in [0.4, 0.5) is 4.39 Å². The topological polar surface area (TPSA) is 70.1 Å². The molecule has 6 nitrogen and oxygen atoms in total. The van der Waals surface area contributed by atoms with Crippen molar-refractivity contribution in [3.8, 4) is 5.75 Å². The van der Waals surface area contributed by atoms with Gasteiger partial charge in [-0.3, -0.25) is 9.59 Å². The molecular weight excluding hydrogens is 423 g/mol. The summed E-state index contributed by atoms with van der Waals surface area (Å²) in [5, 5.41) is 11.0. The Balaban J connectivity index is 2.09. The standard InChI is InChI=1S/C26H29FN2O4/c1-4-16-33-21-9-7-8-19(17-21)23-22(24(30)18-10-12-20(27)13-11-18)25(31)26(32)29(23)15-14-28(5-2)6-3/h4,7-13,17,23,30H,1,5-6,14-16H2,2-3H3/b24-22-. The molecule has 1 saturated heterocycles. The Bertz CT molecular complexity index is 1040. The third kappa shape index (κ3) is 5.31. The molecule has 1 aliphatic rings. The fraction of sp³-hybridized carbons (Fsp3) is 0.308. The second-order valence-electron chi connectivity index (χ2n) is 7.70. The number of benzene rings is 2. The Labute approximate surface area is 193 Å². The van der Waals surface area contributed by atoms with Crippen molar-refractivity contribution in [1.82, 2.24) is 9.80 Å². The summed E-state index contributed by atoms with van der Waals surface area (Å²) in [5.74, 6) is -1.67. The Morgan fingerprint density at radius 1 is 1.18 bits per heavy atom. The van der Waals surface area contributed by atoms with E-state index in [1.54, 1.807) is 30.3 Å². The van der Waals surface area contributed by atoms with Crippen molar-refractivity contribution in [3.05, 3.63) is 83.7 Å². The van der Waals surface area contributed by atoms with E-state index < -0.39 is 23.5 Å². The number of likely N-dealkylation sites (tertiary alicyclic amines) is 1. The number of aliphatic hydroxyl groups excluding tert-OH is 1. The number of hydrogen-bond acceptors (Lipinski definition) is 5. The molecule has 174 valence electrons. The number of likely N-dealkylation sites (N-methyl/N-ethyl adjacent to an activating group) is 1. The Morgan fingerprint density at radius 2 is 1.88 bits per heavy atom. The molecule has 7 heteroatoms. The van der Waals surface area contributed by atoms with Crippen molar-refractivity contribution < 1.29 is 23.8 Å². The van der Waals surface area contributed by atoms with Crippen LogP contribution in [-0.2, 0) is 9.59 Å². The monoisotopic (exact) mass is 452 g/mol. The zero-order valence-electron chi connectivity index (χ0n) is 19.0. The number of ether oxygens (including phenoxy) is 1. The summed E-state index contributed by atoms with van der Waals surface area (Å²) >= 11 is 0. The van der Waals surface area contributed by atoms with Crippen LogP contribution in [0.3, 0.4) is 0 Å². The summed E-state index contributed by atoms with van der Waals surface area (Å²) in [6.07, 6.45) is 1.62. The molecule has 33 heavy (non-hydrogen) atoms. The van der Waals surface area contributed by atoms with Crippen molar-refractivity contribution >= 4 is 17.4 Å². The minimum Gasteiger partial charge on any atom is -0.507 e. The van der Waals surface area contributed by atoms with Crippen molar-refractivity contribution in [3.63, 3.8) is 0 Å². The van der Waals surface area contributed by atoms with Crippen molar-refractivity contribution in [2.45, 2.75) is 19.9 Å². The van der Waals surface area contributed by atoms with E-state index in [1.165, 1.54) is 29.2 Å². The summed E-state index contributed by atoms with van der Waals surface area (Å²) in [5.41, 5.74) is 0.883. The zero-order valence-corrected chi connectivity index (χ0v) is 19.0. The predicted molar refractivity (Wildman–Crippen MR) is 125 cm³/mol. The molecule has 0 bridgehead atoms. The fourth-order valence-electron chi connectivity index (χ4n) is 3.94. The van der Waals surface area contributed by atoms with Crippen LogP contribution in [0.1, 0.15) is 31.0 Å². The maximum Gasteiger partial charge on any atom is 0.295 e. The molecule has 2 aromatic carbocycles. The van der Waals surface area contributed by atoms with Gasteiger partial charge in [0.25, 0.3) is 11.7 Å². The van der Waals surface area contributed by atoms with E-state index >= 15 is 0 Å². The normalized spacial score (nSPS) is 17.6. The highest BCUT2D eigenvalue weighted by Crippen LogP contribution is 2.40. The van der Waals surface area contributed by atoms with Crippen LogP contribution in [0.2, 0.25) is 0 Å². The van der Waals surface area contributed by atoms with Crippen molar-refractivity contribution in [2.75, 3.05) is 32.8 Å². The molecule has 0 saturated carbocycles. The van der Waals surface area contributed by atoms with Crippen LogP contribution in [0, 0.1) is 5.82 Å². The van der Waals surface area contributed by atoms with Gasteiger partial charge >= 0.3 is 0 Å². The van der Waals surface area contributed by atoms with E-state index in [0.717, 1.165) is 13.1 Å². The predicted octanol–water partition coefficient (Wildman–Crippen LogP) is 4.15. The first-order valence-corrected chi connectivity index (χ1v) is 11.0. The molecule has 1 fully saturated rings. The first-order chi connectivity index (χ1) is 15.9. The summed E-state index contributed by atoms with van der Waals surface area (Å²) < 4.78 is 19.0. The van der Waals surface area contributed by atoms with Gasteiger partial charge in [-0.05, 0) is 55.1 Å². The highest BCUT2D eigenvalue weighted by molar-refractivity contribution is 6.46. The molecule has 3 rings (SSSR count). The maximum atomic E-state index is 13.4. The van der Waals surface area contributed by atoms with Crippen LogP contribution in [-0.4, -0.2) is 59.4 Å². The number of amides is 1. The fourth-order valence-corrected chi connectivity index (χ4v) is 3.94. The lowest BCUT2D eigenvalue weighted by Gasteiger charge is -2.28. The van der Waals surface area contributed by atoms with E-state index in [0.29, 0.717) is 31.0 Å². The molecule has 1 unspecified atom stereocenters. The van der Waals surface area contributed by atoms with E-state index in [4.69, 9.17) is 4.74 Å². The molecule has 0 aromatic heterocycles. The number of aliphatic hydroxyl groups is 1. The Morgan fingerprint density at radius 3 is 2.52 bits per heavy atom. The largest absolute Gasteiger partial charge is 0.507 e. The van der Waals surface area contributed by atoms with Gasteiger partial charge in [-0.2, -0.15) is 0 Å². The molecule has 0 radical (unpaired) electrons. The van der Waals surface area contributed by atoms with Crippen LogP contribution in [0.25, 0.3) is 5.76 Å². The Kier molecular flexibility index (Phi) is 8.01. The molecule has 1 N–H and O–H groups in total. The lowest BCUT2D eigenvalue weighted by atomic mass is 9.95. The van der Waals surface area contributed by atoms with Gasteiger partial charge in [-0.25, -0.2) is 4.39 Å². The number of carbonyl (C=O) groups is 2. The minimum atomic E-state index is -0.794. The maximum absolute atomic E-state index is 13.4. The molecule has 1 aliphatic heterocycles. The molecule has 0 spiro atoms. The Hall–Kier alpha value is -3.45. The molecule has 1 heterocycles. The number of nitrogens with zero attached hydrogens (tertiary/aromatic N) is 2. The average Bonchev–Trinajstić information content (AvgIpc) is 3.08. The third-order valence-electron chi connectivity index (χ3n) is 5.75. The summed E-state index contributed by atoms with van der Waals surface area (Å²) in [6.45, 7) is 10.5. The molecular formula is C26H29FN2O4. The van der Waals surface area contributed by atoms with Crippen LogP contribution in [0.15, 0.2) is 66.8 Å². The number of carbonyl (C=O) groups excluding carboxylic acids is 2. The first kappa shape index (κ1) is 24.2. The van der Waals surface area contributed by atoms with Crippen molar-refractivity contribution in [1.29, 1.82) is 0 Å². The van der Waals surface area contributed by atoms with E-state index in [-0.39, 0.29) is 16.9 Å². The van der Waals surface area contributed by atoms with Gasteiger partial charge < -0.3 is 19.6 Å². The minimum absolute atomic E-state index is 0.0213. The SMILES string of the molecule is C=CCOc1cccc(C2/C(=C(/O)c3ccc(F)cc3)C(=O)C(=O)N2CCN(CC)CC)c1. The van der Waals surface area contributed by atoms with E-state index in [9.17, 15) is 19.1 Å². The van der Waals surface area contributed by atoms with Gasteiger partial charge in [0.1, 0.15) is 23.9 Å². The number of rotatable bonds is 10. The number of ketones is 1. The van der Waals surface area contributed by atoms with Gasteiger partial charge in [-0.1, -0.05) is 38.6 Å². The number of Topliss-reactive ketones (excluding diaryl/α,β-unsaturated/α-hetero) is 1.